The van der Waals surface area contributed by atoms with E-state index in [2.05, 4.69) is 0 Å². The second kappa shape index (κ2) is 6.07. The van der Waals surface area contributed by atoms with Crippen molar-refractivity contribution in [2.45, 2.75) is 6.54 Å². The lowest BCUT2D eigenvalue weighted by Gasteiger charge is -2.09. The third kappa shape index (κ3) is 3.15. The van der Waals surface area contributed by atoms with Crippen LogP contribution in [-0.2, 0) is 6.54 Å². The molecule has 5 heteroatoms. The van der Waals surface area contributed by atoms with Crippen LogP contribution < -0.4 is 10.3 Å². The van der Waals surface area contributed by atoms with Gasteiger partial charge < -0.3 is 9.30 Å². The molecule has 2 aromatic rings. The zero-order valence-electron chi connectivity index (χ0n) is 10.0. The lowest BCUT2D eigenvalue weighted by molar-refractivity contribution is 0.295. The molecule has 0 aliphatic rings. The molecule has 0 aliphatic heterocycles. The van der Waals surface area contributed by atoms with Gasteiger partial charge in [-0.1, -0.05) is 23.7 Å². The molecule has 1 heterocycles. The van der Waals surface area contributed by atoms with Gasteiger partial charge in [-0.3, -0.25) is 4.79 Å². The molecule has 0 saturated heterocycles. The van der Waals surface area contributed by atoms with E-state index in [0.717, 1.165) is 0 Å². The Hall–Kier alpha value is -2.25. The Morgan fingerprint density at radius 2 is 2.11 bits per heavy atom. The maximum absolute atomic E-state index is 11.5. The van der Waals surface area contributed by atoms with Crippen molar-refractivity contribution < 1.29 is 4.74 Å². The Kier molecular flexibility index (Phi) is 4.22. The number of nitriles is 1. The molecule has 0 spiro atoms. The summed E-state index contributed by atoms with van der Waals surface area (Å²) in [5.41, 5.74) is 0.224. The Morgan fingerprint density at radius 1 is 1.26 bits per heavy atom. The van der Waals surface area contributed by atoms with E-state index < -0.39 is 0 Å². The minimum absolute atomic E-state index is 0.0855. The maximum atomic E-state index is 11.5. The SMILES string of the molecule is N#Cc1c(Cl)cccc1OCCn1ccccc1=O. The van der Waals surface area contributed by atoms with Gasteiger partial charge in [0.05, 0.1) is 11.6 Å². The van der Waals surface area contributed by atoms with Gasteiger partial charge in [0.1, 0.15) is 24.0 Å². The van der Waals surface area contributed by atoms with Crippen LogP contribution in [0.25, 0.3) is 0 Å². The van der Waals surface area contributed by atoms with Crippen molar-refractivity contribution >= 4 is 11.6 Å². The average Bonchev–Trinajstić information content (AvgIpc) is 2.41. The van der Waals surface area contributed by atoms with Crippen LogP contribution in [0.4, 0.5) is 0 Å². The molecule has 1 aromatic carbocycles. The standard InChI is InChI=1S/C14H11ClN2O2/c15-12-4-3-5-13(11(12)10-16)19-9-8-17-7-2-1-6-14(17)18/h1-7H,8-9H2. The van der Waals surface area contributed by atoms with E-state index in [0.29, 0.717) is 29.5 Å². The number of halogens is 1. The van der Waals surface area contributed by atoms with Crippen molar-refractivity contribution in [2.75, 3.05) is 6.61 Å². The fourth-order valence-electron chi connectivity index (χ4n) is 1.63. The summed E-state index contributed by atoms with van der Waals surface area (Å²) in [6.45, 7) is 0.704. The van der Waals surface area contributed by atoms with Crippen molar-refractivity contribution in [1.82, 2.24) is 4.57 Å². The van der Waals surface area contributed by atoms with Crippen LogP contribution in [-0.4, -0.2) is 11.2 Å². The molecule has 0 bridgehead atoms. The van der Waals surface area contributed by atoms with E-state index in [4.69, 9.17) is 21.6 Å². The fraction of sp³-hybridized carbons (Fsp3) is 0.143. The Balaban J connectivity index is 2.05. The Labute approximate surface area is 115 Å². The second-order valence-electron chi connectivity index (χ2n) is 3.81. The van der Waals surface area contributed by atoms with Gasteiger partial charge >= 0.3 is 0 Å². The molecular weight excluding hydrogens is 264 g/mol. The molecule has 0 saturated carbocycles. The second-order valence-corrected chi connectivity index (χ2v) is 4.21. The van der Waals surface area contributed by atoms with Crippen molar-refractivity contribution in [3.8, 4) is 11.8 Å². The van der Waals surface area contributed by atoms with Gasteiger partial charge in [-0.25, -0.2) is 0 Å². The highest BCUT2D eigenvalue weighted by molar-refractivity contribution is 6.31. The lowest BCUT2D eigenvalue weighted by atomic mass is 10.2. The predicted octanol–water partition coefficient (Wildman–Crippen LogP) is 2.45. The monoisotopic (exact) mass is 274 g/mol. The van der Waals surface area contributed by atoms with Gasteiger partial charge in [-0.15, -0.1) is 0 Å². The summed E-state index contributed by atoms with van der Waals surface area (Å²) in [7, 11) is 0. The Bertz CT molecular complexity index is 674. The van der Waals surface area contributed by atoms with Gasteiger partial charge in [0.2, 0.25) is 0 Å². The smallest absolute Gasteiger partial charge is 0.250 e. The normalized spacial score (nSPS) is 9.89. The van der Waals surface area contributed by atoms with E-state index in [-0.39, 0.29) is 5.56 Å². The van der Waals surface area contributed by atoms with Gasteiger partial charge in [-0.2, -0.15) is 5.26 Å². The fourth-order valence-corrected chi connectivity index (χ4v) is 1.84. The molecule has 0 amide bonds. The van der Waals surface area contributed by atoms with E-state index in [1.807, 2.05) is 6.07 Å². The number of hydrogen-bond donors (Lipinski definition) is 0. The maximum Gasteiger partial charge on any atom is 0.250 e. The number of pyridine rings is 1. The summed E-state index contributed by atoms with van der Waals surface area (Å²) in [6, 6.07) is 12.0. The van der Waals surface area contributed by atoms with Crippen LogP contribution in [0.1, 0.15) is 5.56 Å². The van der Waals surface area contributed by atoms with E-state index in [1.165, 1.54) is 10.6 Å². The topological polar surface area (TPSA) is 55.0 Å². The highest BCUT2D eigenvalue weighted by atomic mass is 35.5. The first kappa shape index (κ1) is 13.2. The molecule has 0 aliphatic carbocycles. The van der Waals surface area contributed by atoms with Gasteiger partial charge in [-0.05, 0) is 18.2 Å². The first-order valence-corrected chi connectivity index (χ1v) is 6.07. The first-order valence-electron chi connectivity index (χ1n) is 5.69. The number of hydrogen-bond acceptors (Lipinski definition) is 3. The highest BCUT2D eigenvalue weighted by Gasteiger charge is 2.07. The van der Waals surface area contributed by atoms with Crippen LogP contribution in [0.15, 0.2) is 47.4 Å². The zero-order valence-corrected chi connectivity index (χ0v) is 10.8. The molecule has 0 N–H and O–H groups in total. The number of ether oxygens (including phenoxy) is 1. The minimum atomic E-state index is -0.0855. The van der Waals surface area contributed by atoms with Gasteiger partial charge in [0.15, 0.2) is 0 Å². The van der Waals surface area contributed by atoms with Crippen molar-refractivity contribution in [3.05, 3.63) is 63.5 Å². The van der Waals surface area contributed by atoms with Gasteiger partial charge in [0.25, 0.3) is 5.56 Å². The molecule has 0 fully saturated rings. The van der Waals surface area contributed by atoms with Crippen LogP contribution >= 0.6 is 11.6 Å². The Morgan fingerprint density at radius 3 is 2.84 bits per heavy atom. The van der Waals surface area contributed by atoms with Gasteiger partial charge in [0, 0.05) is 12.3 Å². The zero-order chi connectivity index (χ0) is 13.7. The van der Waals surface area contributed by atoms with Crippen molar-refractivity contribution in [1.29, 1.82) is 5.26 Å². The van der Waals surface area contributed by atoms with E-state index >= 15 is 0 Å². The third-order valence-corrected chi connectivity index (χ3v) is 2.89. The number of benzene rings is 1. The summed E-state index contributed by atoms with van der Waals surface area (Å²) in [5, 5.41) is 9.35. The lowest BCUT2D eigenvalue weighted by Crippen LogP contribution is -2.21. The highest BCUT2D eigenvalue weighted by Crippen LogP contribution is 2.25. The molecule has 19 heavy (non-hydrogen) atoms. The molecule has 1 aromatic heterocycles. The molecule has 96 valence electrons. The van der Waals surface area contributed by atoms with Crippen LogP contribution in [0, 0.1) is 11.3 Å². The average molecular weight is 275 g/mol. The number of rotatable bonds is 4. The number of nitrogens with zero attached hydrogens (tertiary/aromatic N) is 2. The summed E-state index contributed by atoms with van der Waals surface area (Å²) >= 11 is 5.89. The molecule has 0 unspecified atom stereocenters. The first-order chi connectivity index (χ1) is 9.22. The van der Waals surface area contributed by atoms with Crippen molar-refractivity contribution in [3.63, 3.8) is 0 Å². The largest absolute Gasteiger partial charge is 0.490 e. The predicted molar refractivity (Wildman–Crippen MR) is 72.4 cm³/mol. The summed E-state index contributed by atoms with van der Waals surface area (Å²) in [6.07, 6.45) is 1.69. The van der Waals surface area contributed by atoms with Crippen LogP contribution in [0.3, 0.4) is 0 Å². The van der Waals surface area contributed by atoms with Crippen LogP contribution in [0.2, 0.25) is 5.02 Å². The quantitative estimate of drug-likeness (QED) is 0.860. The molecule has 0 atom stereocenters. The van der Waals surface area contributed by atoms with E-state index in [1.54, 1.807) is 36.5 Å². The molecule has 0 radical (unpaired) electrons. The van der Waals surface area contributed by atoms with E-state index in [9.17, 15) is 4.79 Å². The van der Waals surface area contributed by atoms with Crippen LogP contribution in [0.5, 0.6) is 5.75 Å². The summed E-state index contributed by atoms with van der Waals surface area (Å²) in [5.74, 6) is 0.430. The number of aromatic nitrogens is 1. The summed E-state index contributed by atoms with van der Waals surface area (Å²) < 4.78 is 7.04. The molecule has 2 rings (SSSR count). The third-order valence-electron chi connectivity index (χ3n) is 2.58. The summed E-state index contributed by atoms with van der Waals surface area (Å²) in [4.78, 5) is 11.5. The minimum Gasteiger partial charge on any atom is -0.490 e. The van der Waals surface area contributed by atoms with Crippen molar-refractivity contribution in [2.24, 2.45) is 0 Å². The molecular formula is C14H11ClN2O2. The molecule has 4 nitrogen and oxygen atoms in total.